The molecule has 0 saturated heterocycles. The first-order valence-electron chi connectivity index (χ1n) is 9.45. The van der Waals surface area contributed by atoms with Crippen molar-refractivity contribution < 1.29 is 17.9 Å². The van der Waals surface area contributed by atoms with Gasteiger partial charge in [-0.3, -0.25) is 4.79 Å². The van der Waals surface area contributed by atoms with Gasteiger partial charge in [0.05, 0.1) is 27.5 Å². The van der Waals surface area contributed by atoms with E-state index in [1.54, 1.807) is 31.4 Å². The average molecular weight is 511 g/mol. The molecule has 160 valence electrons. The van der Waals surface area contributed by atoms with Gasteiger partial charge in [0.2, 0.25) is 5.91 Å². The standard InChI is InChI=1S/C21H23BrN2O4S2/c1-15-5-8-17(9-6-15)30(26,27)13-3-4-20(25)23-21-24(11-12-28-2)18-10-7-16(22)14-19(18)29-21/h5-10,14H,3-4,11-13H2,1-2H3. The van der Waals surface area contributed by atoms with Gasteiger partial charge in [-0.1, -0.05) is 45.0 Å². The van der Waals surface area contributed by atoms with Gasteiger partial charge in [-0.2, -0.15) is 4.99 Å². The van der Waals surface area contributed by atoms with Crippen molar-refractivity contribution in [1.29, 1.82) is 0 Å². The molecule has 3 rings (SSSR count). The Kier molecular flexibility index (Phi) is 7.62. The number of hydrogen-bond donors (Lipinski definition) is 0. The summed E-state index contributed by atoms with van der Waals surface area (Å²) in [4.78, 5) is 17.6. The molecule has 0 bridgehead atoms. The number of aryl methyl sites for hydroxylation is 1. The van der Waals surface area contributed by atoms with Gasteiger partial charge >= 0.3 is 0 Å². The van der Waals surface area contributed by atoms with Crippen LogP contribution in [0.25, 0.3) is 10.2 Å². The Labute approximate surface area is 188 Å². The van der Waals surface area contributed by atoms with Crippen LogP contribution in [0.4, 0.5) is 0 Å². The Bertz CT molecular complexity index is 1210. The summed E-state index contributed by atoms with van der Waals surface area (Å²) in [7, 11) is -1.78. The van der Waals surface area contributed by atoms with E-state index in [9.17, 15) is 13.2 Å². The maximum Gasteiger partial charge on any atom is 0.248 e. The van der Waals surface area contributed by atoms with Crippen molar-refractivity contribution in [3.8, 4) is 0 Å². The highest BCUT2D eigenvalue weighted by Crippen LogP contribution is 2.22. The number of rotatable bonds is 8. The molecule has 3 aromatic rings. The minimum absolute atomic E-state index is 0.0767. The molecular formula is C21H23BrN2O4S2. The average Bonchev–Trinajstić information content (AvgIpc) is 3.02. The Balaban J connectivity index is 1.74. The zero-order chi connectivity index (χ0) is 21.7. The lowest BCUT2D eigenvalue weighted by Crippen LogP contribution is -2.19. The second kappa shape index (κ2) is 10.00. The summed E-state index contributed by atoms with van der Waals surface area (Å²) < 4.78 is 34.0. The molecule has 9 heteroatoms. The SMILES string of the molecule is COCCn1c(=NC(=O)CCCS(=O)(=O)c2ccc(C)cc2)sc2cc(Br)ccc21. The third kappa shape index (κ3) is 5.66. The van der Waals surface area contributed by atoms with E-state index in [2.05, 4.69) is 20.9 Å². The van der Waals surface area contributed by atoms with Crippen molar-refractivity contribution in [3.63, 3.8) is 0 Å². The summed E-state index contributed by atoms with van der Waals surface area (Å²) >= 11 is 4.89. The van der Waals surface area contributed by atoms with Crippen LogP contribution in [0.15, 0.2) is 56.8 Å². The molecule has 0 spiro atoms. The fourth-order valence-corrected chi connectivity index (χ4v) is 5.91. The van der Waals surface area contributed by atoms with Crippen molar-refractivity contribution in [2.45, 2.75) is 31.2 Å². The van der Waals surface area contributed by atoms with E-state index in [0.29, 0.717) is 18.0 Å². The summed E-state index contributed by atoms with van der Waals surface area (Å²) in [5.41, 5.74) is 1.98. The van der Waals surface area contributed by atoms with Gasteiger partial charge in [0, 0.05) is 24.5 Å². The van der Waals surface area contributed by atoms with Gasteiger partial charge in [0.15, 0.2) is 14.6 Å². The van der Waals surface area contributed by atoms with Gasteiger partial charge in [-0.05, 0) is 43.7 Å². The number of methoxy groups -OCH3 is 1. The summed E-state index contributed by atoms with van der Waals surface area (Å²) in [5.74, 6) is -0.411. The third-order valence-corrected chi connectivity index (χ3v) is 7.92. The van der Waals surface area contributed by atoms with E-state index in [-0.39, 0.29) is 29.4 Å². The number of amides is 1. The number of carbonyl (C=O) groups is 1. The fourth-order valence-electron chi connectivity index (χ4n) is 2.97. The molecule has 2 aromatic carbocycles. The van der Waals surface area contributed by atoms with E-state index >= 15 is 0 Å². The van der Waals surface area contributed by atoms with Crippen LogP contribution in [0.2, 0.25) is 0 Å². The fraction of sp³-hybridized carbons (Fsp3) is 0.333. The number of thiazole rings is 1. The molecule has 0 atom stereocenters. The molecule has 0 radical (unpaired) electrons. The molecule has 0 fully saturated rings. The zero-order valence-electron chi connectivity index (χ0n) is 16.8. The molecule has 0 saturated carbocycles. The number of halogens is 1. The normalized spacial score (nSPS) is 12.6. The van der Waals surface area contributed by atoms with Crippen LogP contribution in [0.3, 0.4) is 0 Å². The van der Waals surface area contributed by atoms with Crippen LogP contribution < -0.4 is 4.80 Å². The first-order chi connectivity index (χ1) is 14.3. The summed E-state index contributed by atoms with van der Waals surface area (Å²) in [6.45, 7) is 2.98. The van der Waals surface area contributed by atoms with Crippen molar-refractivity contribution in [3.05, 3.63) is 57.3 Å². The quantitative estimate of drug-likeness (QED) is 0.456. The predicted octanol–water partition coefficient (Wildman–Crippen LogP) is 4.10. The maximum absolute atomic E-state index is 12.4. The first-order valence-corrected chi connectivity index (χ1v) is 12.7. The van der Waals surface area contributed by atoms with Gasteiger partial charge in [0.25, 0.3) is 0 Å². The molecule has 0 N–H and O–H groups in total. The summed E-state index contributed by atoms with van der Waals surface area (Å²) in [6.07, 6.45) is 0.306. The second-order valence-corrected chi connectivity index (χ2v) is 10.9. The Morgan fingerprint density at radius 1 is 1.20 bits per heavy atom. The van der Waals surface area contributed by atoms with Crippen LogP contribution in [-0.4, -0.2) is 38.4 Å². The molecule has 1 aromatic heterocycles. The highest BCUT2D eigenvalue weighted by atomic mass is 79.9. The topological polar surface area (TPSA) is 77.7 Å². The molecule has 0 aliphatic rings. The van der Waals surface area contributed by atoms with Crippen molar-refractivity contribution in [2.24, 2.45) is 4.99 Å². The molecular weight excluding hydrogens is 488 g/mol. The highest BCUT2D eigenvalue weighted by molar-refractivity contribution is 9.10. The van der Waals surface area contributed by atoms with E-state index < -0.39 is 9.84 Å². The largest absolute Gasteiger partial charge is 0.383 e. The first kappa shape index (κ1) is 22.9. The number of ether oxygens (including phenoxy) is 1. The maximum atomic E-state index is 12.4. The summed E-state index contributed by atoms with van der Waals surface area (Å²) in [5, 5.41) is 0. The van der Waals surface area contributed by atoms with Crippen LogP contribution >= 0.6 is 27.3 Å². The van der Waals surface area contributed by atoms with Crippen molar-refractivity contribution in [2.75, 3.05) is 19.5 Å². The van der Waals surface area contributed by atoms with E-state index in [1.165, 1.54) is 11.3 Å². The lowest BCUT2D eigenvalue weighted by molar-refractivity contribution is -0.118. The Morgan fingerprint density at radius 3 is 2.63 bits per heavy atom. The number of carbonyl (C=O) groups excluding carboxylic acids is 1. The number of fused-ring (bicyclic) bond motifs is 1. The number of hydrogen-bond acceptors (Lipinski definition) is 5. The molecule has 1 heterocycles. The number of benzene rings is 2. The van der Waals surface area contributed by atoms with Crippen molar-refractivity contribution in [1.82, 2.24) is 4.57 Å². The van der Waals surface area contributed by atoms with E-state index in [1.807, 2.05) is 29.7 Å². The predicted molar refractivity (Wildman–Crippen MR) is 122 cm³/mol. The summed E-state index contributed by atoms with van der Waals surface area (Å²) in [6, 6.07) is 12.7. The molecule has 1 amide bonds. The number of nitrogens with zero attached hydrogens (tertiary/aromatic N) is 2. The lowest BCUT2D eigenvalue weighted by Gasteiger charge is -2.05. The van der Waals surface area contributed by atoms with Crippen LogP contribution in [0.5, 0.6) is 0 Å². The number of sulfone groups is 1. The second-order valence-electron chi connectivity index (χ2n) is 6.88. The van der Waals surface area contributed by atoms with Gasteiger partial charge in [0.1, 0.15) is 0 Å². The third-order valence-electron chi connectivity index (χ3n) is 4.57. The molecule has 30 heavy (non-hydrogen) atoms. The molecule has 6 nitrogen and oxygen atoms in total. The Morgan fingerprint density at radius 2 is 1.93 bits per heavy atom. The monoisotopic (exact) mass is 510 g/mol. The minimum Gasteiger partial charge on any atom is -0.383 e. The van der Waals surface area contributed by atoms with E-state index in [4.69, 9.17) is 4.74 Å². The smallest absolute Gasteiger partial charge is 0.248 e. The Hall–Kier alpha value is -1.81. The van der Waals surface area contributed by atoms with Crippen LogP contribution in [0, 0.1) is 6.92 Å². The van der Waals surface area contributed by atoms with Gasteiger partial charge in [-0.25, -0.2) is 8.42 Å². The van der Waals surface area contributed by atoms with Crippen LogP contribution in [-0.2, 0) is 25.9 Å². The molecule has 0 aliphatic carbocycles. The lowest BCUT2D eigenvalue weighted by atomic mass is 10.2. The zero-order valence-corrected chi connectivity index (χ0v) is 20.0. The molecule has 0 unspecified atom stereocenters. The minimum atomic E-state index is -3.41. The van der Waals surface area contributed by atoms with E-state index in [0.717, 1.165) is 20.3 Å². The van der Waals surface area contributed by atoms with Crippen LogP contribution in [0.1, 0.15) is 18.4 Å². The molecule has 0 aliphatic heterocycles. The van der Waals surface area contributed by atoms with Crippen molar-refractivity contribution >= 4 is 53.2 Å². The van der Waals surface area contributed by atoms with Gasteiger partial charge < -0.3 is 9.30 Å². The van der Waals surface area contributed by atoms with Gasteiger partial charge in [-0.15, -0.1) is 0 Å². The number of aromatic nitrogens is 1. The highest BCUT2D eigenvalue weighted by Gasteiger charge is 2.15.